The van der Waals surface area contributed by atoms with E-state index in [4.69, 9.17) is 4.74 Å². The van der Waals surface area contributed by atoms with Gasteiger partial charge in [-0.05, 0) is 65.5 Å². The van der Waals surface area contributed by atoms with Crippen LogP contribution in [0.15, 0.2) is 12.1 Å². The van der Waals surface area contributed by atoms with Gasteiger partial charge >= 0.3 is 5.97 Å². The Morgan fingerprint density at radius 2 is 2.22 bits per heavy atom. The van der Waals surface area contributed by atoms with Crippen molar-refractivity contribution in [2.75, 3.05) is 7.11 Å². The van der Waals surface area contributed by atoms with Crippen LogP contribution in [0.4, 0.5) is 0 Å². The van der Waals surface area contributed by atoms with Crippen LogP contribution in [-0.4, -0.2) is 28.2 Å². The van der Waals surface area contributed by atoms with Crippen molar-refractivity contribution in [3.8, 4) is 11.3 Å². The van der Waals surface area contributed by atoms with Crippen molar-refractivity contribution in [3.05, 3.63) is 38.3 Å². The van der Waals surface area contributed by atoms with E-state index in [0.717, 1.165) is 39.2 Å². The van der Waals surface area contributed by atoms with Crippen molar-refractivity contribution in [1.29, 1.82) is 0 Å². The number of aromatic nitrogens is 2. The lowest BCUT2D eigenvalue weighted by molar-refractivity contribution is 0.0696. The first-order valence-electron chi connectivity index (χ1n) is 7.62. The fourth-order valence-corrected chi connectivity index (χ4v) is 3.73. The van der Waals surface area contributed by atoms with E-state index in [-0.39, 0.29) is 0 Å². The SMILES string of the molecule is COCc1nc(-c2cc(C(=O)O)c(C)cc2C2CCC2)c(I)[nH]1. The van der Waals surface area contributed by atoms with Gasteiger partial charge < -0.3 is 14.8 Å². The standard InChI is InChI=1S/C17H19IN2O3/c1-9-6-12(10-4-3-5-10)13(7-11(9)17(21)22)15-16(18)20-14(19-15)8-23-2/h6-7,10H,3-5,8H2,1-2H3,(H,19,20)(H,21,22). The molecule has 3 rings (SSSR count). The highest BCUT2D eigenvalue weighted by Crippen LogP contribution is 2.42. The number of hydrogen-bond acceptors (Lipinski definition) is 3. The predicted molar refractivity (Wildman–Crippen MR) is 95.7 cm³/mol. The lowest BCUT2D eigenvalue weighted by atomic mass is 9.76. The summed E-state index contributed by atoms with van der Waals surface area (Å²) in [5, 5.41) is 9.45. The third-order valence-electron chi connectivity index (χ3n) is 4.42. The van der Waals surface area contributed by atoms with Crippen LogP contribution >= 0.6 is 22.6 Å². The smallest absolute Gasteiger partial charge is 0.335 e. The quantitative estimate of drug-likeness (QED) is 0.706. The van der Waals surface area contributed by atoms with Gasteiger partial charge in [0, 0.05) is 12.7 Å². The van der Waals surface area contributed by atoms with Crippen LogP contribution in [0.3, 0.4) is 0 Å². The Balaban J connectivity index is 2.15. The molecule has 1 aliphatic carbocycles. The van der Waals surface area contributed by atoms with Gasteiger partial charge in [-0.25, -0.2) is 9.78 Å². The number of halogens is 1. The molecule has 2 aromatic rings. The van der Waals surface area contributed by atoms with Crippen LogP contribution in [0.1, 0.15) is 52.5 Å². The first-order valence-corrected chi connectivity index (χ1v) is 8.70. The summed E-state index contributed by atoms with van der Waals surface area (Å²) in [5.41, 5.74) is 4.12. The van der Waals surface area contributed by atoms with E-state index < -0.39 is 5.97 Å². The van der Waals surface area contributed by atoms with Crippen LogP contribution in [0.5, 0.6) is 0 Å². The summed E-state index contributed by atoms with van der Waals surface area (Å²) < 4.78 is 6.04. The van der Waals surface area contributed by atoms with Gasteiger partial charge in [-0.2, -0.15) is 0 Å². The number of rotatable bonds is 5. The highest BCUT2D eigenvalue weighted by molar-refractivity contribution is 14.1. The summed E-state index contributed by atoms with van der Waals surface area (Å²) in [6.45, 7) is 2.27. The number of nitrogens with zero attached hydrogens (tertiary/aromatic N) is 1. The predicted octanol–water partition coefficient (Wildman–Crippen LogP) is 4.10. The molecule has 0 spiro atoms. The molecule has 1 aromatic heterocycles. The van der Waals surface area contributed by atoms with Crippen molar-refractivity contribution in [1.82, 2.24) is 9.97 Å². The Kier molecular flexibility index (Phi) is 4.72. The van der Waals surface area contributed by atoms with E-state index in [1.807, 2.05) is 13.0 Å². The number of H-pyrrole nitrogens is 1. The molecule has 122 valence electrons. The van der Waals surface area contributed by atoms with Gasteiger partial charge in [0.05, 0.1) is 5.56 Å². The number of aryl methyl sites for hydroxylation is 1. The van der Waals surface area contributed by atoms with Crippen LogP contribution in [0.25, 0.3) is 11.3 Å². The van der Waals surface area contributed by atoms with Gasteiger partial charge in [-0.1, -0.05) is 12.5 Å². The summed E-state index contributed by atoms with van der Waals surface area (Å²) in [7, 11) is 1.63. The van der Waals surface area contributed by atoms with Crippen LogP contribution in [0.2, 0.25) is 0 Å². The normalized spacial score (nSPS) is 14.7. The third-order valence-corrected chi connectivity index (χ3v) is 5.20. The molecule has 6 heteroatoms. The Bertz CT molecular complexity index is 751. The van der Waals surface area contributed by atoms with Crippen LogP contribution in [-0.2, 0) is 11.3 Å². The topological polar surface area (TPSA) is 75.2 Å². The number of carbonyl (C=O) groups is 1. The molecule has 0 aliphatic heterocycles. The van der Waals surface area contributed by atoms with Gasteiger partial charge in [0.2, 0.25) is 0 Å². The summed E-state index contributed by atoms with van der Waals surface area (Å²) >= 11 is 2.21. The molecule has 1 fully saturated rings. The molecule has 5 nitrogen and oxygen atoms in total. The molecule has 0 atom stereocenters. The maximum atomic E-state index is 11.5. The van der Waals surface area contributed by atoms with Crippen molar-refractivity contribution < 1.29 is 14.6 Å². The molecule has 0 unspecified atom stereocenters. The van der Waals surface area contributed by atoms with E-state index >= 15 is 0 Å². The van der Waals surface area contributed by atoms with Crippen LogP contribution in [0, 0.1) is 10.6 Å². The Morgan fingerprint density at radius 1 is 1.48 bits per heavy atom. The second-order valence-corrected chi connectivity index (χ2v) is 7.05. The first kappa shape index (κ1) is 16.4. The van der Waals surface area contributed by atoms with Crippen molar-refractivity contribution in [2.45, 2.75) is 38.7 Å². The van der Waals surface area contributed by atoms with E-state index in [1.165, 1.54) is 12.0 Å². The van der Waals surface area contributed by atoms with Gasteiger partial charge in [0.25, 0.3) is 0 Å². The summed E-state index contributed by atoms with van der Waals surface area (Å²) in [5.74, 6) is 0.361. The third kappa shape index (κ3) is 3.14. The van der Waals surface area contributed by atoms with E-state index in [2.05, 4.69) is 32.6 Å². The van der Waals surface area contributed by atoms with Crippen molar-refractivity contribution in [2.24, 2.45) is 0 Å². The summed E-state index contributed by atoms with van der Waals surface area (Å²) in [4.78, 5) is 19.3. The first-order chi connectivity index (χ1) is 11.0. The zero-order chi connectivity index (χ0) is 16.6. The molecule has 0 saturated heterocycles. The fraction of sp³-hybridized carbons (Fsp3) is 0.412. The van der Waals surface area contributed by atoms with Crippen LogP contribution < -0.4 is 0 Å². The summed E-state index contributed by atoms with van der Waals surface area (Å²) in [6.07, 6.45) is 3.55. The number of carboxylic acid groups (broad SMARTS) is 1. The van der Waals surface area contributed by atoms with E-state index in [1.54, 1.807) is 13.2 Å². The molecule has 1 aromatic carbocycles. The maximum Gasteiger partial charge on any atom is 0.335 e. The number of ether oxygens (including phenoxy) is 1. The van der Waals surface area contributed by atoms with Crippen molar-refractivity contribution in [3.63, 3.8) is 0 Å². The number of benzene rings is 1. The highest BCUT2D eigenvalue weighted by Gasteiger charge is 2.26. The van der Waals surface area contributed by atoms with Crippen molar-refractivity contribution >= 4 is 28.6 Å². The van der Waals surface area contributed by atoms with E-state index in [0.29, 0.717) is 18.1 Å². The summed E-state index contributed by atoms with van der Waals surface area (Å²) in [6, 6.07) is 3.81. The molecule has 23 heavy (non-hydrogen) atoms. The average molecular weight is 426 g/mol. The van der Waals surface area contributed by atoms with Gasteiger partial charge in [0.1, 0.15) is 21.8 Å². The number of nitrogens with one attached hydrogen (secondary N) is 1. The number of aromatic carboxylic acids is 1. The monoisotopic (exact) mass is 426 g/mol. The second kappa shape index (κ2) is 6.60. The maximum absolute atomic E-state index is 11.5. The molecule has 1 saturated carbocycles. The number of aromatic amines is 1. The molecule has 1 heterocycles. The zero-order valence-corrected chi connectivity index (χ0v) is 15.3. The number of methoxy groups -OCH3 is 1. The van der Waals surface area contributed by atoms with Gasteiger partial charge in [-0.3, -0.25) is 0 Å². The Labute approximate surface area is 148 Å². The number of carboxylic acids is 1. The lowest BCUT2D eigenvalue weighted by Crippen LogP contribution is -2.12. The largest absolute Gasteiger partial charge is 0.478 e. The Hall–Kier alpha value is -1.41. The molecular formula is C17H19IN2O3. The minimum absolute atomic E-state index is 0.343. The molecular weight excluding hydrogens is 407 g/mol. The molecule has 2 N–H and O–H groups in total. The van der Waals surface area contributed by atoms with Gasteiger partial charge in [-0.15, -0.1) is 0 Å². The molecule has 0 amide bonds. The minimum atomic E-state index is -0.897. The fourth-order valence-electron chi connectivity index (χ4n) is 3.00. The van der Waals surface area contributed by atoms with E-state index in [9.17, 15) is 9.90 Å². The molecule has 0 radical (unpaired) electrons. The lowest BCUT2D eigenvalue weighted by Gasteiger charge is -2.28. The second-order valence-electron chi connectivity index (χ2n) is 5.97. The minimum Gasteiger partial charge on any atom is -0.478 e. The average Bonchev–Trinajstić information content (AvgIpc) is 2.78. The Morgan fingerprint density at radius 3 is 2.78 bits per heavy atom. The zero-order valence-electron chi connectivity index (χ0n) is 13.1. The van der Waals surface area contributed by atoms with Gasteiger partial charge in [0.15, 0.2) is 0 Å². The highest BCUT2D eigenvalue weighted by atomic mass is 127. The number of hydrogen-bond donors (Lipinski definition) is 2. The molecule has 0 bridgehead atoms. The number of imidazole rings is 1. The molecule has 1 aliphatic rings.